The molecule has 5 nitrogen and oxygen atoms in total. The van der Waals surface area contributed by atoms with Crippen LogP contribution in [-0.2, 0) is 5.75 Å². The minimum atomic E-state index is 0.692. The molecule has 0 aliphatic rings. The average Bonchev–Trinajstić information content (AvgIpc) is 2.97. The van der Waals surface area contributed by atoms with Crippen LogP contribution >= 0.6 is 11.8 Å². The summed E-state index contributed by atoms with van der Waals surface area (Å²) in [5.74, 6) is 1.68. The second kappa shape index (κ2) is 3.97. The molecule has 0 atom stereocenters. The van der Waals surface area contributed by atoms with E-state index < -0.39 is 0 Å². The fourth-order valence-electron chi connectivity index (χ4n) is 1.39. The lowest BCUT2D eigenvalue weighted by atomic mass is 10.5. The first-order chi connectivity index (χ1) is 7.93. The molecule has 80 valence electrons. The van der Waals surface area contributed by atoms with Crippen LogP contribution in [0.1, 0.15) is 5.76 Å². The molecule has 3 rings (SSSR count). The van der Waals surface area contributed by atoms with Gasteiger partial charge in [-0.15, -0.1) is 0 Å². The Bertz CT molecular complexity index is 590. The Hall–Kier alpha value is -1.82. The first-order valence-corrected chi connectivity index (χ1v) is 5.71. The quantitative estimate of drug-likeness (QED) is 0.554. The maximum Gasteiger partial charge on any atom is 0.181 e. The fourth-order valence-corrected chi connectivity index (χ4v) is 2.25. The first-order valence-electron chi connectivity index (χ1n) is 4.73. The molecular formula is C10H8N4OS. The van der Waals surface area contributed by atoms with Crippen LogP contribution in [0.4, 0.5) is 0 Å². The molecule has 1 N–H and O–H groups in total. The average molecular weight is 232 g/mol. The van der Waals surface area contributed by atoms with Crippen LogP contribution in [0.3, 0.4) is 0 Å². The van der Waals surface area contributed by atoms with E-state index >= 15 is 0 Å². The van der Waals surface area contributed by atoms with Crippen LogP contribution < -0.4 is 0 Å². The molecule has 0 aliphatic carbocycles. The van der Waals surface area contributed by atoms with Crippen molar-refractivity contribution >= 4 is 22.9 Å². The third kappa shape index (κ3) is 1.67. The lowest BCUT2D eigenvalue weighted by Gasteiger charge is -1.98. The Morgan fingerprint density at radius 2 is 2.31 bits per heavy atom. The van der Waals surface area contributed by atoms with E-state index in [1.165, 1.54) is 6.33 Å². The van der Waals surface area contributed by atoms with E-state index in [-0.39, 0.29) is 0 Å². The van der Waals surface area contributed by atoms with Gasteiger partial charge in [0, 0.05) is 0 Å². The van der Waals surface area contributed by atoms with E-state index in [0.29, 0.717) is 5.65 Å². The van der Waals surface area contributed by atoms with Crippen molar-refractivity contribution in [2.24, 2.45) is 0 Å². The number of nitrogens with zero attached hydrogens (tertiary/aromatic N) is 3. The number of nitrogens with one attached hydrogen (secondary N) is 1. The second-order valence-corrected chi connectivity index (χ2v) is 4.11. The molecule has 16 heavy (non-hydrogen) atoms. The number of H-pyrrole nitrogens is 1. The summed E-state index contributed by atoms with van der Waals surface area (Å²) in [6.07, 6.45) is 4.81. The van der Waals surface area contributed by atoms with Gasteiger partial charge >= 0.3 is 0 Å². The van der Waals surface area contributed by atoms with Gasteiger partial charge in [0.05, 0.1) is 18.3 Å². The van der Waals surface area contributed by atoms with E-state index in [4.69, 9.17) is 4.42 Å². The molecule has 0 unspecified atom stereocenters. The van der Waals surface area contributed by atoms with Crippen molar-refractivity contribution in [2.45, 2.75) is 10.8 Å². The highest BCUT2D eigenvalue weighted by Gasteiger charge is 2.07. The number of aromatic amines is 1. The van der Waals surface area contributed by atoms with Crippen molar-refractivity contribution in [1.82, 2.24) is 19.9 Å². The monoisotopic (exact) mass is 232 g/mol. The van der Waals surface area contributed by atoms with Gasteiger partial charge in [-0.2, -0.15) is 0 Å². The predicted molar refractivity (Wildman–Crippen MR) is 60.0 cm³/mol. The summed E-state index contributed by atoms with van der Waals surface area (Å²) in [4.78, 5) is 15.4. The van der Waals surface area contributed by atoms with Gasteiger partial charge in [0.15, 0.2) is 5.65 Å². The van der Waals surface area contributed by atoms with Crippen molar-refractivity contribution in [3.63, 3.8) is 0 Å². The van der Waals surface area contributed by atoms with Crippen molar-refractivity contribution in [3.05, 3.63) is 36.8 Å². The van der Waals surface area contributed by atoms with Gasteiger partial charge < -0.3 is 9.40 Å². The predicted octanol–water partition coefficient (Wildman–Crippen LogP) is 2.24. The van der Waals surface area contributed by atoms with E-state index in [1.807, 2.05) is 12.1 Å². The summed E-state index contributed by atoms with van der Waals surface area (Å²) in [6, 6.07) is 3.82. The van der Waals surface area contributed by atoms with Gasteiger partial charge in [-0.25, -0.2) is 15.0 Å². The lowest BCUT2D eigenvalue weighted by Crippen LogP contribution is -1.86. The highest BCUT2D eigenvalue weighted by Crippen LogP contribution is 2.25. The number of thioether (sulfide) groups is 1. The zero-order valence-corrected chi connectivity index (χ0v) is 9.07. The molecule has 0 saturated carbocycles. The summed E-state index contributed by atoms with van der Waals surface area (Å²) in [7, 11) is 0. The van der Waals surface area contributed by atoms with Gasteiger partial charge in [0.1, 0.15) is 22.6 Å². The fraction of sp³-hybridized carbons (Fsp3) is 0.100. The minimum absolute atomic E-state index is 0.692. The molecule has 0 radical (unpaired) electrons. The molecule has 3 aromatic heterocycles. The maximum atomic E-state index is 5.26. The van der Waals surface area contributed by atoms with Crippen molar-refractivity contribution in [2.75, 3.05) is 0 Å². The van der Waals surface area contributed by atoms with Crippen molar-refractivity contribution < 1.29 is 4.42 Å². The topological polar surface area (TPSA) is 67.6 Å². The molecule has 0 amide bonds. The summed E-state index contributed by atoms with van der Waals surface area (Å²) in [5.41, 5.74) is 1.57. The molecule has 6 heteroatoms. The molecule has 0 bridgehead atoms. The number of hydrogen-bond donors (Lipinski definition) is 1. The molecule has 0 spiro atoms. The van der Waals surface area contributed by atoms with Crippen molar-refractivity contribution in [3.8, 4) is 0 Å². The van der Waals surface area contributed by atoms with Crippen LogP contribution in [-0.4, -0.2) is 19.9 Å². The highest BCUT2D eigenvalue weighted by molar-refractivity contribution is 7.98. The molecule has 0 saturated heterocycles. The molecule has 0 aliphatic heterocycles. The van der Waals surface area contributed by atoms with Gasteiger partial charge in [-0.1, -0.05) is 11.8 Å². The van der Waals surface area contributed by atoms with Crippen molar-refractivity contribution in [1.29, 1.82) is 0 Å². The number of hydrogen-bond acceptors (Lipinski definition) is 5. The van der Waals surface area contributed by atoms with E-state index in [0.717, 1.165) is 22.1 Å². The first kappa shape index (κ1) is 9.41. The Kier molecular flexibility index (Phi) is 2.34. The summed E-state index contributed by atoms with van der Waals surface area (Å²) in [6.45, 7) is 0. The maximum absolute atomic E-state index is 5.26. The van der Waals surface area contributed by atoms with Gasteiger partial charge in [0.25, 0.3) is 0 Å². The van der Waals surface area contributed by atoms with Gasteiger partial charge in [-0.05, 0) is 12.1 Å². The lowest BCUT2D eigenvalue weighted by molar-refractivity contribution is 0.530. The van der Waals surface area contributed by atoms with Crippen LogP contribution in [0, 0.1) is 0 Å². The minimum Gasteiger partial charge on any atom is -0.468 e. The smallest absolute Gasteiger partial charge is 0.181 e. The number of aromatic nitrogens is 4. The largest absolute Gasteiger partial charge is 0.468 e. The Labute approximate surface area is 95.3 Å². The molecule has 3 heterocycles. The number of furan rings is 1. The van der Waals surface area contributed by atoms with Crippen LogP contribution in [0.15, 0.2) is 40.5 Å². The summed E-state index contributed by atoms with van der Waals surface area (Å²) in [5, 5.41) is 0.888. The summed E-state index contributed by atoms with van der Waals surface area (Å²) < 4.78 is 5.26. The normalized spacial score (nSPS) is 11.0. The number of rotatable bonds is 3. The number of imidazole rings is 1. The van der Waals surface area contributed by atoms with E-state index in [1.54, 1.807) is 24.4 Å². The van der Waals surface area contributed by atoms with Gasteiger partial charge in [0.2, 0.25) is 0 Å². The molecule has 0 fully saturated rings. The third-order valence-electron chi connectivity index (χ3n) is 2.12. The molecule has 3 aromatic rings. The van der Waals surface area contributed by atoms with Crippen LogP contribution in [0.2, 0.25) is 0 Å². The zero-order chi connectivity index (χ0) is 10.8. The Morgan fingerprint density at radius 1 is 1.31 bits per heavy atom. The van der Waals surface area contributed by atoms with E-state index in [9.17, 15) is 0 Å². The van der Waals surface area contributed by atoms with Gasteiger partial charge in [-0.3, -0.25) is 0 Å². The Morgan fingerprint density at radius 3 is 3.19 bits per heavy atom. The standard InChI is InChI=1S/C10H8N4OS/c1-2-7(15-3-1)4-16-10-8-9(12-5-11-8)13-6-14-10/h1-3,5-6H,4H2,(H,11,12,13,14). The summed E-state index contributed by atoms with van der Waals surface area (Å²) >= 11 is 1.60. The van der Waals surface area contributed by atoms with E-state index in [2.05, 4.69) is 19.9 Å². The zero-order valence-electron chi connectivity index (χ0n) is 8.25. The van der Waals surface area contributed by atoms with Crippen LogP contribution in [0.5, 0.6) is 0 Å². The highest BCUT2D eigenvalue weighted by atomic mass is 32.2. The SMILES string of the molecule is c1coc(CSc2ncnc3nc[nH]c23)c1. The molecular weight excluding hydrogens is 224 g/mol. The molecule has 0 aromatic carbocycles. The van der Waals surface area contributed by atoms with Crippen LogP contribution in [0.25, 0.3) is 11.2 Å². The second-order valence-electron chi connectivity index (χ2n) is 3.15. The number of fused-ring (bicyclic) bond motifs is 1. The Balaban J connectivity index is 1.86. The third-order valence-corrected chi connectivity index (χ3v) is 3.13.